The van der Waals surface area contributed by atoms with Gasteiger partial charge in [0, 0.05) is 19.6 Å². The fraction of sp³-hybridized carbons (Fsp3) is 0.423. The van der Waals surface area contributed by atoms with Crippen LogP contribution in [-0.4, -0.2) is 54.7 Å². The van der Waals surface area contributed by atoms with Crippen molar-refractivity contribution in [3.8, 4) is 12.1 Å². The van der Waals surface area contributed by atoms with E-state index in [0.717, 1.165) is 11.8 Å². The van der Waals surface area contributed by atoms with Crippen LogP contribution in [0.1, 0.15) is 48.3 Å². The average Bonchev–Trinajstić information content (AvgIpc) is 2.89. The van der Waals surface area contributed by atoms with Crippen molar-refractivity contribution in [1.29, 1.82) is 10.5 Å². The van der Waals surface area contributed by atoms with Crippen LogP contribution < -0.4 is 21.7 Å². The Hall–Kier alpha value is -3.64. The number of amides is 2. The summed E-state index contributed by atoms with van der Waals surface area (Å²) in [5.74, 6) is -0.445. The zero-order valence-electron chi connectivity index (χ0n) is 21.2. The van der Waals surface area contributed by atoms with Gasteiger partial charge >= 0.3 is 0 Å². The number of carbonyl (C=O) groups is 2. The number of hydrogen-bond donors (Lipinski definition) is 3. The van der Waals surface area contributed by atoms with Gasteiger partial charge in [-0.1, -0.05) is 49.0 Å². The lowest BCUT2D eigenvalue weighted by atomic mass is 10.0. The second-order valence-corrected chi connectivity index (χ2v) is 10.3. The normalized spacial score (nSPS) is 16.4. The number of hydrogen-bond acceptors (Lipinski definition) is 9. The molecule has 1 aromatic heterocycles. The number of primary amides is 1. The summed E-state index contributed by atoms with van der Waals surface area (Å²) in [6, 6.07) is 13.5. The van der Waals surface area contributed by atoms with E-state index in [9.17, 15) is 20.1 Å². The lowest BCUT2D eigenvalue weighted by Crippen LogP contribution is -2.53. The summed E-state index contributed by atoms with van der Waals surface area (Å²) in [5, 5.41) is 22.4. The van der Waals surface area contributed by atoms with Crippen LogP contribution in [0.25, 0.3) is 0 Å². The van der Waals surface area contributed by atoms with Gasteiger partial charge in [-0.15, -0.1) is 0 Å². The molecule has 1 aromatic carbocycles. The largest absolute Gasteiger partial charge is 0.373 e. The predicted molar refractivity (Wildman–Crippen MR) is 141 cm³/mol. The smallest absolute Gasteiger partial charge is 0.239 e. The summed E-state index contributed by atoms with van der Waals surface area (Å²) in [6.45, 7) is 6.54. The first-order valence-corrected chi connectivity index (χ1v) is 12.8. The zero-order valence-corrected chi connectivity index (χ0v) is 22.0. The van der Waals surface area contributed by atoms with E-state index in [1.165, 1.54) is 0 Å². The monoisotopic (exact) mass is 521 g/mol. The van der Waals surface area contributed by atoms with E-state index in [0.29, 0.717) is 53.7 Å². The highest BCUT2D eigenvalue weighted by Crippen LogP contribution is 2.39. The number of benzene rings is 1. The number of ether oxygens (including phenoxy) is 1. The molecule has 0 aliphatic carbocycles. The SMILES string of the molecule is CCc1c(C#N)c(SC(C(N)=O)c2ccccc2)nc(N2CCO[C@@H](CNC(=O)C(C)(C)N)C2)c1C#N. The number of morpholine rings is 1. The molecule has 0 spiro atoms. The molecule has 1 fully saturated rings. The van der Waals surface area contributed by atoms with Crippen molar-refractivity contribution in [1.82, 2.24) is 10.3 Å². The third kappa shape index (κ3) is 6.57. The van der Waals surface area contributed by atoms with Crippen molar-refractivity contribution in [3.05, 3.63) is 52.6 Å². The number of anilines is 1. The molecule has 0 bridgehead atoms. The van der Waals surface area contributed by atoms with E-state index in [4.69, 9.17) is 21.2 Å². The molecule has 194 valence electrons. The molecule has 11 heteroatoms. The number of thioether (sulfide) groups is 1. The molecule has 0 radical (unpaired) electrons. The number of carbonyl (C=O) groups excluding carboxylic acids is 2. The molecule has 1 aliphatic heterocycles. The molecular weight excluding hydrogens is 490 g/mol. The number of pyridine rings is 1. The first-order valence-electron chi connectivity index (χ1n) is 11.9. The Morgan fingerprint density at radius 2 is 1.95 bits per heavy atom. The Labute approximate surface area is 221 Å². The molecular formula is C26H31N7O3S. The van der Waals surface area contributed by atoms with Crippen LogP contribution in [0.5, 0.6) is 0 Å². The summed E-state index contributed by atoms with van der Waals surface area (Å²) >= 11 is 1.10. The molecule has 10 nitrogen and oxygen atoms in total. The van der Waals surface area contributed by atoms with E-state index >= 15 is 0 Å². The number of aromatic nitrogens is 1. The summed E-state index contributed by atoms with van der Waals surface area (Å²) in [7, 11) is 0. The van der Waals surface area contributed by atoms with Gasteiger partial charge in [-0.25, -0.2) is 4.98 Å². The Bertz CT molecular complexity index is 1230. The van der Waals surface area contributed by atoms with Gasteiger partial charge in [-0.2, -0.15) is 10.5 Å². The molecule has 1 saturated heterocycles. The van der Waals surface area contributed by atoms with Crippen molar-refractivity contribution in [2.24, 2.45) is 11.5 Å². The Morgan fingerprint density at radius 3 is 2.51 bits per heavy atom. The Morgan fingerprint density at radius 1 is 1.27 bits per heavy atom. The maximum absolute atomic E-state index is 12.4. The van der Waals surface area contributed by atoms with Crippen LogP contribution in [0, 0.1) is 22.7 Å². The standard InChI is InChI=1S/C26H31N7O3S/c1-4-18-19(12-27)23(33-10-11-36-17(15-33)14-31-25(35)26(2,3)30)32-24(20(18)13-28)37-21(22(29)34)16-8-6-5-7-9-16/h5-9,17,21H,4,10-11,14-15,30H2,1-3H3,(H2,29,34)(H,31,35)/t17-,21?/m0/s1. The van der Waals surface area contributed by atoms with Crippen LogP contribution >= 0.6 is 11.8 Å². The zero-order chi connectivity index (χ0) is 27.2. The first-order chi connectivity index (χ1) is 17.6. The lowest BCUT2D eigenvalue weighted by molar-refractivity contribution is -0.126. The summed E-state index contributed by atoms with van der Waals surface area (Å²) in [4.78, 5) is 31.2. The van der Waals surface area contributed by atoms with Gasteiger partial charge < -0.3 is 26.4 Å². The van der Waals surface area contributed by atoms with Crippen LogP contribution in [-0.2, 0) is 20.7 Å². The van der Waals surface area contributed by atoms with Gasteiger partial charge in [0.25, 0.3) is 0 Å². The highest BCUT2D eigenvalue weighted by Gasteiger charge is 2.30. The van der Waals surface area contributed by atoms with Crippen LogP contribution in [0.2, 0.25) is 0 Å². The number of nitrogens with zero attached hydrogens (tertiary/aromatic N) is 4. The van der Waals surface area contributed by atoms with Gasteiger partial charge in [0.05, 0.1) is 29.4 Å². The summed E-state index contributed by atoms with van der Waals surface area (Å²) in [5.41, 5.74) is 12.4. The molecule has 1 unspecified atom stereocenters. The van der Waals surface area contributed by atoms with Crippen molar-refractivity contribution in [2.45, 2.75) is 49.1 Å². The Balaban J connectivity index is 1.98. The first kappa shape index (κ1) is 27.9. The molecule has 5 N–H and O–H groups in total. The van der Waals surface area contributed by atoms with Crippen molar-refractivity contribution in [2.75, 3.05) is 31.1 Å². The molecule has 2 aromatic rings. The molecule has 3 rings (SSSR count). The van der Waals surface area contributed by atoms with Gasteiger partial charge in [0.15, 0.2) is 0 Å². The molecule has 2 amide bonds. The highest BCUT2D eigenvalue weighted by atomic mass is 32.2. The predicted octanol–water partition coefficient (Wildman–Crippen LogP) is 1.76. The van der Waals surface area contributed by atoms with Crippen molar-refractivity contribution >= 4 is 29.4 Å². The lowest BCUT2D eigenvalue weighted by Gasteiger charge is -2.35. The molecule has 0 saturated carbocycles. The second kappa shape index (κ2) is 12.1. The molecule has 2 heterocycles. The number of nitriles is 2. The summed E-state index contributed by atoms with van der Waals surface area (Å²) in [6.07, 6.45) is 0.0736. The molecule has 1 aliphatic rings. The van der Waals surface area contributed by atoms with Crippen LogP contribution in [0.15, 0.2) is 35.4 Å². The maximum atomic E-state index is 12.4. The minimum absolute atomic E-state index is 0.244. The average molecular weight is 522 g/mol. The van der Waals surface area contributed by atoms with E-state index in [-0.39, 0.29) is 24.1 Å². The topological polar surface area (TPSA) is 171 Å². The number of rotatable bonds is 9. The van der Waals surface area contributed by atoms with E-state index in [1.807, 2.05) is 30.0 Å². The van der Waals surface area contributed by atoms with Crippen molar-refractivity contribution < 1.29 is 14.3 Å². The molecule has 2 atom stereocenters. The molecule has 37 heavy (non-hydrogen) atoms. The minimum atomic E-state index is -1.02. The number of nitrogens with one attached hydrogen (secondary N) is 1. The quantitative estimate of drug-likeness (QED) is 0.416. The fourth-order valence-electron chi connectivity index (χ4n) is 4.00. The van der Waals surface area contributed by atoms with Crippen LogP contribution in [0.4, 0.5) is 5.82 Å². The second-order valence-electron chi connectivity index (χ2n) is 9.23. The maximum Gasteiger partial charge on any atom is 0.239 e. The van der Waals surface area contributed by atoms with E-state index in [1.54, 1.807) is 26.0 Å². The van der Waals surface area contributed by atoms with E-state index < -0.39 is 16.7 Å². The van der Waals surface area contributed by atoms with Gasteiger partial charge in [-0.05, 0) is 31.4 Å². The minimum Gasteiger partial charge on any atom is -0.373 e. The summed E-state index contributed by atoms with van der Waals surface area (Å²) < 4.78 is 5.83. The number of nitrogens with two attached hydrogens (primary N) is 2. The third-order valence-electron chi connectivity index (χ3n) is 5.93. The highest BCUT2D eigenvalue weighted by molar-refractivity contribution is 8.00. The Kier molecular flexibility index (Phi) is 9.11. The fourth-order valence-corrected chi connectivity index (χ4v) is 5.06. The van der Waals surface area contributed by atoms with Crippen LogP contribution in [0.3, 0.4) is 0 Å². The van der Waals surface area contributed by atoms with Gasteiger partial charge in [0.1, 0.15) is 28.2 Å². The van der Waals surface area contributed by atoms with Gasteiger partial charge in [-0.3, -0.25) is 9.59 Å². The van der Waals surface area contributed by atoms with Crippen molar-refractivity contribution in [3.63, 3.8) is 0 Å². The van der Waals surface area contributed by atoms with E-state index in [2.05, 4.69) is 17.5 Å². The van der Waals surface area contributed by atoms with Gasteiger partial charge in [0.2, 0.25) is 11.8 Å². The third-order valence-corrected chi connectivity index (χ3v) is 7.19.